The van der Waals surface area contributed by atoms with E-state index in [0.717, 1.165) is 0 Å². The average Bonchev–Trinajstić information content (AvgIpc) is 3.10. The molecule has 0 spiro atoms. The molecule has 7 heteroatoms. The normalized spacial score (nSPS) is 16.5. The van der Waals surface area contributed by atoms with Crippen molar-refractivity contribution < 1.29 is 23.0 Å². The van der Waals surface area contributed by atoms with Gasteiger partial charge < -0.3 is 19.7 Å². The summed E-state index contributed by atoms with van der Waals surface area (Å²) in [5.41, 5.74) is 1.08. The van der Waals surface area contributed by atoms with E-state index in [1.807, 2.05) is 24.8 Å². The summed E-state index contributed by atoms with van der Waals surface area (Å²) < 4.78 is 35.6. The van der Waals surface area contributed by atoms with Crippen molar-refractivity contribution in [1.29, 1.82) is 0 Å². The number of halogens is 2. The monoisotopic (exact) mass is 390 g/mol. The van der Waals surface area contributed by atoms with Gasteiger partial charge in [-0.15, -0.1) is 0 Å². The van der Waals surface area contributed by atoms with Crippen LogP contribution < -0.4 is 19.7 Å². The fraction of sp³-hybridized carbons (Fsp3) is 0.381. The molecule has 28 heavy (non-hydrogen) atoms. The average molecular weight is 390 g/mol. The Morgan fingerprint density at radius 1 is 1.07 bits per heavy atom. The third kappa shape index (κ3) is 4.91. The Labute approximate surface area is 163 Å². The van der Waals surface area contributed by atoms with Gasteiger partial charge in [0, 0.05) is 19.1 Å². The van der Waals surface area contributed by atoms with E-state index >= 15 is 0 Å². The zero-order valence-electron chi connectivity index (χ0n) is 15.9. The highest BCUT2D eigenvalue weighted by Crippen LogP contribution is 2.32. The van der Waals surface area contributed by atoms with Gasteiger partial charge in [-0.25, -0.2) is 0 Å². The van der Waals surface area contributed by atoms with Crippen LogP contribution in [-0.4, -0.2) is 37.8 Å². The molecule has 1 heterocycles. The third-order valence-corrected chi connectivity index (χ3v) is 4.44. The molecule has 1 atom stereocenters. The molecule has 1 aliphatic rings. The minimum absolute atomic E-state index is 0.0396. The van der Waals surface area contributed by atoms with Crippen molar-refractivity contribution in [1.82, 2.24) is 5.32 Å². The number of hydrogen-bond acceptors (Lipinski definition) is 4. The van der Waals surface area contributed by atoms with E-state index < -0.39 is 6.61 Å². The molecule has 1 unspecified atom stereocenters. The van der Waals surface area contributed by atoms with Crippen LogP contribution in [0.3, 0.4) is 0 Å². The Bertz CT molecular complexity index is 814. The molecule has 2 aromatic carbocycles. The zero-order chi connectivity index (χ0) is 20.1. The number of ether oxygens (including phenoxy) is 2. The molecule has 0 bridgehead atoms. The van der Waals surface area contributed by atoms with Crippen molar-refractivity contribution in [2.24, 2.45) is 0 Å². The van der Waals surface area contributed by atoms with Crippen molar-refractivity contribution in [2.75, 3.05) is 18.0 Å². The van der Waals surface area contributed by atoms with Gasteiger partial charge in [0.1, 0.15) is 11.5 Å². The smallest absolute Gasteiger partial charge is 0.387 e. The molecule has 0 aliphatic carbocycles. The number of alkyl halides is 2. The summed E-state index contributed by atoms with van der Waals surface area (Å²) in [5, 5.41) is 3.02. The zero-order valence-corrected chi connectivity index (χ0v) is 15.9. The lowest BCUT2D eigenvalue weighted by Gasteiger charge is -2.22. The second-order valence-electron chi connectivity index (χ2n) is 6.91. The fourth-order valence-electron chi connectivity index (χ4n) is 3.29. The largest absolute Gasteiger partial charge is 0.490 e. The quantitative estimate of drug-likeness (QED) is 0.774. The molecule has 1 fully saturated rings. The number of carbonyl (C=O) groups is 1. The number of benzene rings is 2. The third-order valence-electron chi connectivity index (χ3n) is 4.44. The maximum Gasteiger partial charge on any atom is 0.387 e. The van der Waals surface area contributed by atoms with Gasteiger partial charge in [-0.3, -0.25) is 4.79 Å². The Hall–Kier alpha value is -2.83. The minimum atomic E-state index is -2.88. The van der Waals surface area contributed by atoms with Crippen LogP contribution >= 0.6 is 0 Å². The Morgan fingerprint density at radius 3 is 2.46 bits per heavy atom. The second kappa shape index (κ2) is 8.91. The highest BCUT2D eigenvalue weighted by Gasteiger charge is 2.27. The molecule has 3 rings (SSSR count). The summed E-state index contributed by atoms with van der Waals surface area (Å²) in [6.07, 6.45) is 0.671. The summed E-state index contributed by atoms with van der Waals surface area (Å²) >= 11 is 0. The van der Waals surface area contributed by atoms with Crippen LogP contribution in [0.15, 0.2) is 48.5 Å². The number of carbonyl (C=O) groups excluding carboxylic acids is 1. The maximum absolute atomic E-state index is 12.7. The summed E-state index contributed by atoms with van der Waals surface area (Å²) in [5.74, 6) is 0.473. The summed E-state index contributed by atoms with van der Waals surface area (Å²) in [6, 6.07) is 13.7. The number of para-hydroxylation sites is 3. The number of anilines is 1. The first-order chi connectivity index (χ1) is 13.4. The number of nitrogens with zero attached hydrogens (tertiary/aromatic N) is 1. The van der Waals surface area contributed by atoms with E-state index in [1.54, 1.807) is 36.4 Å². The molecule has 0 radical (unpaired) electrons. The molecule has 1 amide bonds. The first kappa shape index (κ1) is 19.9. The summed E-state index contributed by atoms with van der Waals surface area (Å²) in [4.78, 5) is 14.7. The molecule has 1 aliphatic heterocycles. The van der Waals surface area contributed by atoms with E-state index in [1.165, 1.54) is 6.07 Å². The predicted octanol–water partition coefficient (Wildman–Crippen LogP) is 4.08. The highest BCUT2D eigenvalue weighted by molar-refractivity contribution is 5.97. The van der Waals surface area contributed by atoms with Gasteiger partial charge >= 0.3 is 6.61 Å². The van der Waals surface area contributed by atoms with Crippen molar-refractivity contribution in [3.8, 4) is 11.5 Å². The van der Waals surface area contributed by atoms with E-state index in [0.29, 0.717) is 36.5 Å². The first-order valence-corrected chi connectivity index (χ1v) is 9.29. The lowest BCUT2D eigenvalue weighted by Crippen LogP contribution is -2.37. The SMILES string of the molecule is CC(C)Oc1ccccc1C(=O)NC1CCN(c2ccccc2OC(F)F)C1. The molecule has 5 nitrogen and oxygen atoms in total. The maximum atomic E-state index is 12.7. The van der Waals surface area contributed by atoms with Gasteiger partial charge in [0.05, 0.1) is 17.4 Å². The fourth-order valence-corrected chi connectivity index (χ4v) is 3.29. The van der Waals surface area contributed by atoms with E-state index in [-0.39, 0.29) is 23.8 Å². The second-order valence-corrected chi connectivity index (χ2v) is 6.91. The molecular weight excluding hydrogens is 366 g/mol. The van der Waals surface area contributed by atoms with Crippen LogP contribution in [0.25, 0.3) is 0 Å². The predicted molar refractivity (Wildman–Crippen MR) is 103 cm³/mol. The Balaban J connectivity index is 1.67. The minimum Gasteiger partial charge on any atom is -0.490 e. The highest BCUT2D eigenvalue weighted by atomic mass is 19.3. The topological polar surface area (TPSA) is 50.8 Å². The number of nitrogens with one attached hydrogen (secondary N) is 1. The molecule has 2 aromatic rings. The Kier molecular flexibility index (Phi) is 6.34. The standard InChI is InChI=1S/C21H24F2N2O3/c1-14(2)27-18-9-5-3-7-16(18)20(26)24-15-11-12-25(13-15)17-8-4-6-10-19(17)28-21(22)23/h3-10,14-15,21H,11-13H2,1-2H3,(H,24,26). The first-order valence-electron chi connectivity index (χ1n) is 9.29. The van der Waals surface area contributed by atoms with Gasteiger partial charge in [0.25, 0.3) is 5.91 Å². The van der Waals surface area contributed by atoms with E-state index in [2.05, 4.69) is 10.1 Å². The van der Waals surface area contributed by atoms with Crippen LogP contribution in [0.5, 0.6) is 11.5 Å². The van der Waals surface area contributed by atoms with Crippen molar-refractivity contribution in [3.63, 3.8) is 0 Å². The number of amides is 1. The number of hydrogen-bond donors (Lipinski definition) is 1. The summed E-state index contributed by atoms with van der Waals surface area (Å²) in [6.45, 7) is 2.09. The van der Waals surface area contributed by atoms with Crippen LogP contribution in [0.2, 0.25) is 0 Å². The molecule has 1 N–H and O–H groups in total. The van der Waals surface area contributed by atoms with Crippen LogP contribution in [0.1, 0.15) is 30.6 Å². The Morgan fingerprint density at radius 2 is 1.75 bits per heavy atom. The van der Waals surface area contributed by atoms with Crippen LogP contribution in [-0.2, 0) is 0 Å². The molecular formula is C21H24F2N2O3. The van der Waals surface area contributed by atoms with Gasteiger partial charge in [0.15, 0.2) is 0 Å². The molecule has 150 valence electrons. The van der Waals surface area contributed by atoms with Gasteiger partial charge in [0.2, 0.25) is 0 Å². The number of rotatable bonds is 7. The molecule has 1 saturated heterocycles. The van der Waals surface area contributed by atoms with Crippen molar-refractivity contribution in [3.05, 3.63) is 54.1 Å². The van der Waals surface area contributed by atoms with E-state index in [4.69, 9.17) is 4.74 Å². The molecule has 0 aromatic heterocycles. The van der Waals surface area contributed by atoms with Crippen LogP contribution in [0, 0.1) is 0 Å². The van der Waals surface area contributed by atoms with Crippen molar-refractivity contribution in [2.45, 2.75) is 39.0 Å². The van der Waals surface area contributed by atoms with Gasteiger partial charge in [-0.05, 0) is 44.5 Å². The van der Waals surface area contributed by atoms with Gasteiger partial charge in [-0.2, -0.15) is 8.78 Å². The lowest BCUT2D eigenvalue weighted by molar-refractivity contribution is -0.0495. The molecule has 0 saturated carbocycles. The van der Waals surface area contributed by atoms with Crippen LogP contribution in [0.4, 0.5) is 14.5 Å². The van der Waals surface area contributed by atoms with Crippen molar-refractivity contribution >= 4 is 11.6 Å². The summed E-state index contributed by atoms with van der Waals surface area (Å²) in [7, 11) is 0. The lowest BCUT2D eigenvalue weighted by atomic mass is 10.1. The van der Waals surface area contributed by atoms with Gasteiger partial charge in [-0.1, -0.05) is 24.3 Å². The van der Waals surface area contributed by atoms with E-state index in [9.17, 15) is 13.6 Å².